The Bertz CT molecular complexity index is 618. The zero-order chi connectivity index (χ0) is 16.9. The van der Waals surface area contributed by atoms with Crippen molar-refractivity contribution in [1.82, 2.24) is 9.62 Å². The van der Waals surface area contributed by atoms with Crippen LogP contribution >= 0.6 is 0 Å². The summed E-state index contributed by atoms with van der Waals surface area (Å²) in [5.41, 5.74) is 0.486. The van der Waals surface area contributed by atoms with Crippen LogP contribution in [0.2, 0.25) is 0 Å². The molecule has 1 fully saturated rings. The van der Waals surface area contributed by atoms with E-state index in [4.69, 9.17) is 0 Å². The van der Waals surface area contributed by atoms with Crippen LogP contribution in [0, 0.1) is 0 Å². The molecule has 0 bridgehead atoms. The quantitative estimate of drug-likeness (QED) is 0.898. The van der Waals surface area contributed by atoms with Gasteiger partial charge in [-0.05, 0) is 50.5 Å². The van der Waals surface area contributed by atoms with Gasteiger partial charge in [-0.15, -0.1) is 0 Å². The fraction of sp³-hybridized carbons (Fsp3) is 0.588. The molecule has 1 aliphatic heterocycles. The van der Waals surface area contributed by atoms with Gasteiger partial charge in [0.1, 0.15) is 0 Å². The van der Waals surface area contributed by atoms with Crippen LogP contribution in [0.5, 0.6) is 0 Å². The molecule has 1 N–H and O–H groups in total. The van der Waals surface area contributed by atoms with Crippen LogP contribution in [-0.4, -0.2) is 37.8 Å². The van der Waals surface area contributed by atoms with Gasteiger partial charge in [0, 0.05) is 24.7 Å². The monoisotopic (exact) mass is 338 g/mol. The first-order valence-corrected chi connectivity index (χ1v) is 9.80. The van der Waals surface area contributed by atoms with Gasteiger partial charge in [0.2, 0.25) is 10.0 Å². The maximum absolute atomic E-state index is 12.7. The van der Waals surface area contributed by atoms with Crippen molar-refractivity contribution >= 4 is 15.9 Å². The molecule has 0 spiro atoms. The molecule has 1 aliphatic rings. The number of nitrogens with zero attached hydrogens (tertiary/aromatic N) is 1. The lowest BCUT2D eigenvalue weighted by Gasteiger charge is -2.20. The van der Waals surface area contributed by atoms with Crippen molar-refractivity contribution in [3.8, 4) is 0 Å². The first kappa shape index (κ1) is 17.9. The van der Waals surface area contributed by atoms with E-state index in [0.717, 1.165) is 32.1 Å². The second-order valence-electron chi connectivity index (χ2n) is 6.13. The van der Waals surface area contributed by atoms with Crippen LogP contribution in [-0.2, 0) is 10.0 Å². The minimum Gasteiger partial charge on any atom is -0.350 e. The summed E-state index contributed by atoms with van der Waals surface area (Å²) in [5.74, 6) is -0.168. The summed E-state index contributed by atoms with van der Waals surface area (Å²) in [5, 5.41) is 2.88. The van der Waals surface area contributed by atoms with Crippen LogP contribution in [0.4, 0.5) is 0 Å². The maximum atomic E-state index is 12.7. The van der Waals surface area contributed by atoms with E-state index in [1.165, 1.54) is 12.1 Å². The molecule has 0 aliphatic carbocycles. The summed E-state index contributed by atoms with van der Waals surface area (Å²) >= 11 is 0. The SMILES string of the molecule is CCC(C)NC(=O)c1ccc(S(=O)(=O)N2CCCCCC2)cc1. The van der Waals surface area contributed by atoms with Crippen LogP contribution in [0.3, 0.4) is 0 Å². The number of carbonyl (C=O) groups excluding carboxylic acids is 1. The van der Waals surface area contributed by atoms with E-state index in [-0.39, 0.29) is 16.8 Å². The van der Waals surface area contributed by atoms with E-state index in [2.05, 4.69) is 5.32 Å². The summed E-state index contributed by atoms with van der Waals surface area (Å²) in [6.07, 6.45) is 4.85. The number of sulfonamides is 1. The molecule has 5 nitrogen and oxygen atoms in total. The Hall–Kier alpha value is -1.40. The first-order valence-electron chi connectivity index (χ1n) is 8.36. The third-order valence-corrected chi connectivity index (χ3v) is 6.22. The van der Waals surface area contributed by atoms with E-state index >= 15 is 0 Å². The fourth-order valence-corrected chi connectivity index (χ4v) is 4.14. The molecule has 1 saturated heterocycles. The molecule has 1 unspecified atom stereocenters. The van der Waals surface area contributed by atoms with Gasteiger partial charge in [-0.2, -0.15) is 4.31 Å². The Morgan fingerprint density at radius 2 is 1.70 bits per heavy atom. The highest BCUT2D eigenvalue weighted by atomic mass is 32.2. The smallest absolute Gasteiger partial charge is 0.251 e. The van der Waals surface area contributed by atoms with Crippen LogP contribution in [0.1, 0.15) is 56.3 Å². The van der Waals surface area contributed by atoms with E-state index in [1.807, 2.05) is 13.8 Å². The largest absolute Gasteiger partial charge is 0.350 e. The highest BCUT2D eigenvalue weighted by Crippen LogP contribution is 2.20. The zero-order valence-electron chi connectivity index (χ0n) is 13.9. The van der Waals surface area contributed by atoms with Gasteiger partial charge in [0.25, 0.3) is 5.91 Å². The molecule has 23 heavy (non-hydrogen) atoms. The molecule has 128 valence electrons. The second kappa shape index (κ2) is 7.93. The minimum absolute atomic E-state index is 0.100. The molecule has 0 radical (unpaired) electrons. The average Bonchev–Trinajstić information content (AvgIpc) is 2.84. The van der Waals surface area contributed by atoms with Gasteiger partial charge in [0.15, 0.2) is 0 Å². The molecule has 2 rings (SSSR count). The number of rotatable bonds is 5. The topological polar surface area (TPSA) is 66.5 Å². The molecule has 0 saturated carbocycles. The second-order valence-corrected chi connectivity index (χ2v) is 8.06. The van der Waals surface area contributed by atoms with Gasteiger partial charge < -0.3 is 5.32 Å². The number of nitrogens with one attached hydrogen (secondary N) is 1. The molecule has 1 heterocycles. The molecule has 0 aromatic heterocycles. The highest BCUT2D eigenvalue weighted by molar-refractivity contribution is 7.89. The maximum Gasteiger partial charge on any atom is 0.251 e. The summed E-state index contributed by atoms with van der Waals surface area (Å²) in [7, 11) is -3.45. The molecule has 1 aromatic rings. The molecular formula is C17H26N2O3S. The van der Waals surface area contributed by atoms with Crippen LogP contribution < -0.4 is 5.32 Å². The predicted molar refractivity (Wildman–Crippen MR) is 90.9 cm³/mol. The molecule has 1 aromatic carbocycles. The van der Waals surface area contributed by atoms with Gasteiger partial charge >= 0.3 is 0 Å². The lowest BCUT2D eigenvalue weighted by atomic mass is 10.2. The van der Waals surface area contributed by atoms with Crippen molar-refractivity contribution in [3.63, 3.8) is 0 Å². The van der Waals surface area contributed by atoms with E-state index in [0.29, 0.717) is 18.7 Å². The number of amides is 1. The third kappa shape index (κ3) is 4.54. The van der Waals surface area contributed by atoms with Crippen LogP contribution in [0.15, 0.2) is 29.2 Å². The lowest BCUT2D eigenvalue weighted by Crippen LogP contribution is -2.33. The summed E-state index contributed by atoms with van der Waals surface area (Å²) in [6.45, 7) is 5.11. The van der Waals surface area contributed by atoms with Crippen molar-refractivity contribution in [2.75, 3.05) is 13.1 Å². The average molecular weight is 338 g/mol. The fourth-order valence-electron chi connectivity index (χ4n) is 2.62. The number of hydrogen-bond acceptors (Lipinski definition) is 3. The number of benzene rings is 1. The zero-order valence-corrected chi connectivity index (χ0v) is 14.7. The summed E-state index contributed by atoms with van der Waals surface area (Å²) in [6, 6.07) is 6.34. The van der Waals surface area contributed by atoms with E-state index < -0.39 is 10.0 Å². The number of hydrogen-bond donors (Lipinski definition) is 1. The van der Waals surface area contributed by atoms with E-state index in [1.54, 1.807) is 16.4 Å². The molecule has 1 atom stereocenters. The standard InChI is InChI=1S/C17H26N2O3S/c1-3-14(2)18-17(20)15-8-10-16(11-9-15)23(21,22)19-12-6-4-5-7-13-19/h8-11,14H,3-7,12-13H2,1-2H3,(H,18,20). The van der Waals surface area contributed by atoms with Crippen molar-refractivity contribution in [1.29, 1.82) is 0 Å². The Kier molecular flexibility index (Phi) is 6.18. The predicted octanol–water partition coefficient (Wildman–Crippen LogP) is 2.78. The Balaban J connectivity index is 2.13. The van der Waals surface area contributed by atoms with Gasteiger partial charge in [0.05, 0.1) is 4.90 Å². The van der Waals surface area contributed by atoms with Crippen molar-refractivity contribution in [3.05, 3.63) is 29.8 Å². The first-order chi connectivity index (χ1) is 10.9. The Morgan fingerprint density at radius 3 is 2.22 bits per heavy atom. The Labute approximate surface area is 139 Å². The van der Waals surface area contributed by atoms with Gasteiger partial charge in [-0.1, -0.05) is 19.8 Å². The van der Waals surface area contributed by atoms with Gasteiger partial charge in [-0.3, -0.25) is 4.79 Å². The highest BCUT2D eigenvalue weighted by Gasteiger charge is 2.25. The van der Waals surface area contributed by atoms with Crippen molar-refractivity contribution in [2.45, 2.75) is 56.9 Å². The summed E-state index contributed by atoms with van der Waals surface area (Å²) in [4.78, 5) is 12.3. The minimum atomic E-state index is -3.45. The normalized spacial score (nSPS) is 18.2. The van der Waals surface area contributed by atoms with E-state index in [9.17, 15) is 13.2 Å². The van der Waals surface area contributed by atoms with Crippen molar-refractivity contribution < 1.29 is 13.2 Å². The third-order valence-electron chi connectivity index (χ3n) is 4.31. The Morgan fingerprint density at radius 1 is 1.13 bits per heavy atom. The van der Waals surface area contributed by atoms with Crippen LogP contribution in [0.25, 0.3) is 0 Å². The number of carbonyl (C=O) groups is 1. The lowest BCUT2D eigenvalue weighted by molar-refractivity contribution is 0.0939. The molecule has 1 amide bonds. The van der Waals surface area contributed by atoms with Crippen molar-refractivity contribution in [2.24, 2.45) is 0 Å². The molecular weight excluding hydrogens is 312 g/mol. The molecule has 6 heteroatoms. The van der Waals surface area contributed by atoms with Gasteiger partial charge in [-0.25, -0.2) is 8.42 Å². The summed E-state index contributed by atoms with van der Waals surface area (Å²) < 4.78 is 26.9.